The summed E-state index contributed by atoms with van der Waals surface area (Å²) in [5.74, 6) is -1.79. The molecule has 0 bridgehead atoms. The van der Waals surface area contributed by atoms with E-state index in [-0.39, 0.29) is 36.3 Å². The fourth-order valence-corrected chi connectivity index (χ4v) is 2.17. The normalized spacial score (nSPS) is 10.8. The van der Waals surface area contributed by atoms with Gasteiger partial charge in [-0.25, -0.2) is 9.07 Å². The van der Waals surface area contributed by atoms with Crippen LogP contribution in [0, 0.1) is 5.82 Å². The first kappa shape index (κ1) is 16.7. The number of nitrogens with zero attached hydrogens (tertiary/aromatic N) is 3. The Balaban J connectivity index is 2.22. The van der Waals surface area contributed by atoms with Crippen LogP contribution in [0.5, 0.6) is 0 Å². The third-order valence-electron chi connectivity index (χ3n) is 3.36. The summed E-state index contributed by atoms with van der Waals surface area (Å²) >= 11 is 0. The van der Waals surface area contributed by atoms with Crippen LogP contribution in [0.15, 0.2) is 36.5 Å². The van der Waals surface area contributed by atoms with Gasteiger partial charge in [-0.2, -0.15) is 5.10 Å². The molecular weight excluding hydrogens is 301 g/mol. The molecule has 0 radical (unpaired) electrons. The number of hydrogen-bond donors (Lipinski definition) is 1. The molecule has 0 spiro atoms. The summed E-state index contributed by atoms with van der Waals surface area (Å²) in [5, 5.41) is 12.9. The quantitative estimate of drug-likeness (QED) is 0.887. The number of amides is 1. The molecule has 1 aromatic carbocycles. The molecule has 122 valence electrons. The average Bonchev–Trinajstić information content (AvgIpc) is 2.96. The van der Waals surface area contributed by atoms with Gasteiger partial charge in [-0.15, -0.1) is 0 Å². The smallest absolute Gasteiger partial charge is 0.305 e. The molecule has 1 heterocycles. The Hall–Kier alpha value is -2.70. The number of rotatable bonds is 6. The molecule has 0 aliphatic heterocycles. The highest BCUT2D eigenvalue weighted by Crippen LogP contribution is 2.14. The molecular formula is C16H18FN3O3. The van der Waals surface area contributed by atoms with Crippen LogP contribution in [0.2, 0.25) is 0 Å². The van der Waals surface area contributed by atoms with Crippen molar-refractivity contribution in [1.82, 2.24) is 14.7 Å². The van der Waals surface area contributed by atoms with Crippen LogP contribution in [0.4, 0.5) is 4.39 Å². The molecule has 2 rings (SSSR count). The number of para-hydroxylation sites is 1. The van der Waals surface area contributed by atoms with E-state index in [9.17, 15) is 14.0 Å². The highest BCUT2D eigenvalue weighted by atomic mass is 19.1. The van der Waals surface area contributed by atoms with Crippen molar-refractivity contribution in [3.8, 4) is 5.69 Å². The summed E-state index contributed by atoms with van der Waals surface area (Å²) in [5.41, 5.74) is 0.389. The third kappa shape index (κ3) is 3.94. The van der Waals surface area contributed by atoms with E-state index in [1.165, 1.54) is 27.9 Å². The lowest BCUT2D eigenvalue weighted by molar-refractivity contribution is -0.137. The molecule has 1 amide bonds. The topological polar surface area (TPSA) is 75.4 Å². The van der Waals surface area contributed by atoms with E-state index in [4.69, 9.17) is 5.11 Å². The van der Waals surface area contributed by atoms with Crippen molar-refractivity contribution in [2.45, 2.75) is 26.3 Å². The molecule has 1 N–H and O–H groups in total. The molecule has 0 fully saturated rings. The Morgan fingerprint density at radius 3 is 2.61 bits per heavy atom. The second-order valence-corrected chi connectivity index (χ2v) is 5.33. The largest absolute Gasteiger partial charge is 0.481 e. The van der Waals surface area contributed by atoms with Crippen molar-refractivity contribution in [3.63, 3.8) is 0 Å². The van der Waals surface area contributed by atoms with Gasteiger partial charge in [-0.05, 0) is 32.0 Å². The van der Waals surface area contributed by atoms with E-state index in [0.717, 1.165) is 0 Å². The van der Waals surface area contributed by atoms with Gasteiger partial charge in [0.25, 0.3) is 5.91 Å². The number of carbonyl (C=O) groups excluding carboxylic acids is 1. The van der Waals surface area contributed by atoms with Gasteiger partial charge < -0.3 is 10.0 Å². The summed E-state index contributed by atoms with van der Waals surface area (Å²) in [6, 6.07) is 7.44. The first-order valence-corrected chi connectivity index (χ1v) is 7.23. The fourth-order valence-electron chi connectivity index (χ4n) is 2.17. The molecule has 2 aromatic rings. The van der Waals surface area contributed by atoms with Gasteiger partial charge in [0.1, 0.15) is 11.5 Å². The summed E-state index contributed by atoms with van der Waals surface area (Å²) < 4.78 is 15.1. The second-order valence-electron chi connectivity index (χ2n) is 5.33. The van der Waals surface area contributed by atoms with Gasteiger partial charge in [0, 0.05) is 18.8 Å². The van der Waals surface area contributed by atoms with Crippen molar-refractivity contribution in [1.29, 1.82) is 0 Å². The van der Waals surface area contributed by atoms with E-state index < -0.39 is 11.8 Å². The standard InChI is InChI=1S/C16H18FN3O3/c1-11(2)19(9-8-15(21)22)16(23)13-7-10-20(18-13)14-6-4-3-5-12(14)17/h3-7,10-11H,8-9H2,1-2H3,(H,21,22). The zero-order chi connectivity index (χ0) is 17.0. The number of aliphatic carboxylic acids is 1. The fraction of sp³-hybridized carbons (Fsp3) is 0.312. The first-order chi connectivity index (χ1) is 10.9. The van der Waals surface area contributed by atoms with Crippen LogP contribution >= 0.6 is 0 Å². The number of hydrogen-bond acceptors (Lipinski definition) is 3. The van der Waals surface area contributed by atoms with Crippen molar-refractivity contribution >= 4 is 11.9 Å². The van der Waals surface area contributed by atoms with Crippen LogP contribution in [0.3, 0.4) is 0 Å². The van der Waals surface area contributed by atoms with Crippen LogP contribution < -0.4 is 0 Å². The van der Waals surface area contributed by atoms with Crippen molar-refractivity contribution in [2.24, 2.45) is 0 Å². The number of carboxylic acid groups (broad SMARTS) is 1. The zero-order valence-corrected chi connectivity index (χ0v) is 12.9. The minimum atomic E-state index is -0.972. The minimum Gasteiger partial charge on any atom is -0.481 e. The molecule has 0 aliphatic rings. The summed E-state index contributed by atoms with van der Waals surface area (Å²) in [6.45, 7) is 3.69. The van der Waals surface area contributed by atoms with Gasteiger partial charge >= 0.3 is 5.97 Å². The Labute approximate surface area is 133 Å². The van der Waals surface area contributed by atoms with Crippen LogP contribution in [0.1, 0.15) is 30.8 Å². The van der Waals surface area contributed by atoms with Gasteiger partial charge in [0.05, 0.1) is 6.42 Å². The van der Waals surface area contributed by atoms with Gasteiger partial charge in [-0.1, -0.05) is 12.1 Å². The van der Waals surface area contributed by atoms with E-state index in [1.807, 2.05) is 0 Å². The third-order valence-corrected chi connectivity index (χ3v) is 3.36. The lowest BCUT2D eigenvalue weighted by Gasteiger charge is -2.25. The summed E-state index contributed by atoms with van der Waals surface area (Å²) in [7, 11) is 0. The van der Waals surface area contributed by atoms with E-state index >= 15 is 0 Å². The maximum absolute atomic E-state index is 13.8. The van der Waals surface area contributed by atoms with E-state index in [0.29, 0.717) is 0 Å². The van der Waals surface area contributed by atoms with Crippen molar-refractivity contribution < 1.29 is 19.1 Å². The predicted octanol–water partition coefficient (Wildman–Crippen LogP) is 2.34. The molecule has 0 saturated carbocycles. The molecule has 0 aliphatic carbocycles. The van der Waals surface area contributed by atoms with Crippen molar-refractivity contribution in [2.75, 3.05) is 6.54 Å². The van der Waals surface area contributed by atoms with Crippen molar-refractivity contribution in [3.05, 3.63) is 48.0 Å². The zero-order valence-electron chi connectivity index (χ0n) is 12.9. The Bertz CT molecular complexity index is 712. The van der Waals surface area contributed by atoms with E-state index in [2.05, 4.69) is 5.10 Å². The summed E-state index contributed by atoms with van der Waals surface area (Å²) in [6.07, 6.45) is 1.36. The highest BCUT2D eigenvalue weighted by molar-refractivity contribution is 5.92. The number of carboxylic acids is 1. The van der Waals surface area contributed by atoms with Crippen LogP contribution in [-0.2, 0) is 4.79 Å². The monoisotopic (exact) mass is 319 g/mol. The van der Waals surface area contributed by atoms with Crippen LogP contribution in [-0.4, -0.2) is 44.3 Å². The number of carbonyl (C=O) groups is 2. The number of benzene rings is 1. The molecule has 6 nitrogen and oxygen atoms in total. The van der Waals surface area contributed by atoms with Gasteiger partial charge in [0.15, 0.2) is 5.69 Å². The van der Waals surface area contributed by atoms with Gasteiger partial charge in [0.2, 0.25) is 0 Å². The second kappa shape index (κ2) is 7.04. The van der Waals surface area contributed by atoms with Gasteiger partial charge in [-0.3, -0.25) is 9.59 Å². The maximum atomic E-state index is 13.8. The average molecular weight is 319 g/mol. The Kier molecular flexibility index (Phi) is 5.10. The Morgan fingerprint density at radius 1 is 1.30 bits per heavy atom. The molecule has 0 unspecified atom stereocenters. The lowest BCUT2D eigenvalue weighted by atomic mass is 10.2. The molecule has 0 saturated heterocycles. The molecule has 0 atom stereocenters. The molecule has 23 heavy (non-hydrogen) atoms. The molecule has 7 heteroatoms. The van der Waals surface area contributed by atoms with E-state index in [1.54, 1.807) is 32.0 Å². The van der Waals surface area contributed by atoms with Crippen LogP contribution in [0.25, 0.3) is 5.69 Å². The number of halogens is 1. The predicted molar refractivity (Wildman–Crippen MR) is 81.9 cm³/mol. The SMILES string of the molecule is CC(C)N(CCC(=O)O)C(=O)c1ccn(-c2ccccc2F)n1. The minimum absolute atomic E-state index is 0.0956. The first-order valence-electron chi connectivity index (χ1n) is 7.23. The maximum Gasteiger partial charge on any atom is 0.305 e. The summed E-state index contributed by atoms with van der Waals surface area (Å²) in [4.78, 5) is 24.6. The lowest BCUT2D eigenvalue weighted by Crippen LogP contribution is -2.38. The number of aromatic nitrogens is 2. The highest BCUT2D eigenvalue weighted by Gasteiger charge is 2.22. The Morgan fingerprint density at radius 2 is 2.00 bits per heavy atom. The molecule has 1 aromatic heterocycles.